The molecule has 0 saturated heterocycles. The second-order valence-corrected chi connectivity index (χ2v) is 2.87. The van der Waals surface area contributed by atoms with E-state index in [0.717, 1.165) is 12.1 Å². The molecule has 0 amide bonds. The predicted molar refractivity (Wildman–Crippen MR) is 46.5 cm³/mol. The summed E-state index contributed by atoms with van der Waals surface area (Å²) >= 11 is 0. The maximum Gasteiger partial charge on any atom is 0.0662 e. The van der Waals surface area contributed by atoms with Crippen molar-refractivity contribution in [2.45, 2.75) is 26.3 Å². The molecule has 1 aromatic heterocycles. The molecule has 0 spiro atoms. The number of hydrogen-bond donors (Lipinski definition) is 0. The van der Waals surface area contributed by atoms with Crippen LogP contribution in [0, 0.1) is 0 Å². The summed E-state index contributed by atoms with van der Waals surface area (Å²) in [6.07, 6.45) is 4.73. The van der Waals surface area contributed by atoms with Crippen molar-refractivity contribution < 1.29 is 0 Å². The van der Waals surface area contributed by atoms with E-state index in [4.69, 9.17) is 0 Å². The van der Waals surface area contributed by atoms with Crippen LogP contribution in [0.15, 0.2) is 24.9 Å². The van der Waals surface area contributed by atoms with E-state index in [0.29, 0.717) is 6.04 Å². The summed E-state index contributed by atoms with van der Waals surface area (Å²) < 4.78 is 1.96. The van der Waals surface area contributed by atoms with E-state index in [1.165, 1.54) is 0 Å². The molecule has 1 aromatic rings. The van der Waals surface area contributed by atoms with Crippen molar-refractivity contribution in [3.63, 3.8) is 0 Å². The van der Waals surface area contributed by atoms with Crippen molar-refractivity contribution in [2.75, 3.05) is 0 Å². The van der Waals surface area contributed by atoms with Crippen LogP contribution in [0.5, 0.6) is 0 Å². The fourth-order valence-electron chi connectivity index (χ4n) is 0.922. The van der Waals surface area contributed by atoms with Gasteiger partial charge in [0.2, 0.25) is 0 Å². The third-order valence-corrected chi connectivity index (χ3v) is 1.55. The molecule has 0 unspecified atom stereocenters. The zero-order valence-electron chi connectivity index (χ0n) is 7.12. The van der Waals surface area contributed by atoms with Crippen LogP contribution in [0.25, 0.3) is 0 Å². The van der Waals surface area contributed by atoms with E-state index in [1.807, 2.05) is 23.0 Å². The van der Waals surface area contributed by atoms with Crippen molar-refractivity contribution >= 4 is 0 Å². The summed E-state index contributed by atoms with van der Waals surface area (Å²) in [5.74, 6) is 0. The van der Waals surface area contributed by atoms with E-state index >= 15 is 0 Å². The summed E-state index contributed by atoms with van der Waals surface area (Å²) in [4.78, 5) is 0. The molecule has 0 aliphatic carbocycles. The number of rotatable bonds is 3. The molecule has 0 radical (unpaired) electrons. The predicted octanol–water partition coefficient (Wildman–Crippen LogP) is 2.19. The molecular weight excluding hydrogens is 136 g/mol. The number of allylic oxidation sites excluding steroid dienone is 1. The van der Waals surface area contributed by atoms with Crippen LogP contribution in [-0.2, 0) is 6.42 Å². The smallest absolute Gasteiger partial charge is 0.0662 e. The zero-order valence-corrected chi connectivity index (χ0v) is 7.12. The highest BCUT2D eigenvalue weighted by Crippen LogP contribution is 2.04. The van der Waals surface area contributed by atoms with Gasteiger partial charge in [-0.2, -0.15) is 5.10 Å². The van der Waals surface area contributed by atoms with Gasteiger partial charge in [0.25, 0.3) is 0 Å². The maximum atomic E-state index is 4.34. The molecule has 0 fully saturated rings. The van der Waals surface area contributed by atoms with Crippen LogP contribution in [0.2, 0.25) is 0 Å². The SMILES string of the molecule is C=CCc1ccn(C(C)C)n1. The lowest BCUT2D eigenvalue weighted by Gasteiger charge is -2.02. The van der Waals surface area contributed by atoms with E-state index in [9.17, 15) is 0 Å². The summed E-state index contributed by atoms with van der Waals surface area (Å²) in [6.45, 7) is 7.89. The van der Waals surface area contributed by atoms with Crippen LogP contribution in [0.3, 0.4) is 0 Å². The monoisotopic (exact) mass is 150 g/mol. The second-order valence-electron chi connectivity index (χ2n) is 2.87. The lowest BCUT2D eigenvalue weighted by molar-refractivity contribution is 0.528. The Bertz CT molecular complexity index is 235. The van der Waals surface area contributed by atoms with E-state index in [-0.39, 0.29) is 0 Å². The summed E-state index contributed by atoms with van der Waals surface area (Å²) in [6, 6.07) is 2.48. The van der Waals surface area contributed by atoms with Gasteiger partial charge in [-0.25, -0.2) is 0 Å². The first kappa shape index (κ1) is 8.05. The Balaban J connectivity index is 2.73. The van der Waals surface area contributed by atoms with Crippen LogP contribution in [-0.4, -0.2) is 9.78 Å². The van der Waals surface area contributed by atoms with Crippen LogP contribution in [0.1, 0.15) is 25.6 Å². The highest BCUT2D eigenvalue weighted by molar-refractivity contribution is 5.03. The molecule has 0 bridgehead atoms. The third kappa shape index (κ3) is 1.93. The molecule has 11 heavy (non-hydrogen) atoms. The molecule has 0 aromatic carbocycles. The molecule has 0 saturated carbocycles. The molecule has 0 N–H and O–H groups in total. The Hall–Kier alpha value is -1.05. The van der Waals surface area contributed by atoms with Gasteiger partial charge in [0.1, 0.15) is 0 Å². The Morgan fingerprint density at radius 3 is 2.91 bits per heavy atom. The molecular formula is C9H14N2. The van der Waals surface area contributed by atoms with E-state index in [1.54, 1.807) is 0 Å². The standard InChI is InChI=1S/C9H14N2/c1-4-5-9-6-7-11(10-9)8(2)3/h4,6-8H,1,5H2,2-3H3. The van der Waals surface area contributed by atoms with Gasteiger partial charge < -0.3 is 0 Å². The summed E-state index contributed by atoms with van der Waals surface area (Å²) in [5.41, 5.74) is 1.09. The molecule has 1 heterocycles. The third-order valence-electron chi connectivity index (χ3n) is 1.55. The Kier molecular flexibility index (Phi) is 2.47. The average Bonchev–Trinajstić information content (AvgIpc) is 2.37. The highest BCUT2D eigenvalue weighted by atomic mass is 15.3. The zero-order chi connectivity index (χ0) is 8.27. The normalized spacial score (nSPS) is 10.5. The minimum absolute atomic E-state index is 0.452. The Labute approximate surface area is 67.5 Å². The van der Waals surface area contributed by atoms with Crippen LogP contribution >= 0.6 is 0 Å². The minimum Gasteiger partial charge on any atom is -0.270 e. The Morgan fingerprint density at radius 2 is 2.45 bits per heavy atom. The van der Waals surface area contributed by atoms with Crippen molar-refractivity contribution in [1.29, 1.82) is 0 Å². The molecule has 1 rings (SSSR count). The first-order valence-electron chi connectivity index (χ1n) is 3.89. The molecule has 2 nitrogen and oxygen atoms in total. The van der Waals surface area contributed by atoms with E-state index < -0.39 is 0 Å². The Morgan fingerprint density at radius 1 is 1.73 bits per heavy atom. The fraction of sp³-hybridized carbons (Fsp3) is 0.444. The van der Waals surface area contributed by atoms with Gasteiger partial charge in [-0.1, -0.05) is 6.08 Å². The van der Waals surface area contributed by atoms with Crippen molar-refractivity contribution in [2.24, 2.45) is 0 Å². The highest BCUT2D eigenvalue weighted by Gasteiger charge is 1.98. The average molecular weight is 150 g/mol. The second kappa shape index (κ2) is 3.37. The number of aromatic nitrogens is 2. The molecule has 0 atom stereocenters. The van der Waals surface area contributed by atoms with Crippen molar-refractivity contribution in [3.8, 4) is 0 Å². The van der Waals surface area contributed by atoms with Crippen molar-refractivity contribution in [1.82, 2.24) is 9.78 Å². The van der Waals surface area contributed by atoms with Gasteiger partial charge in [-0.05, 0) is 19.9 Å². The lowest BCUT2D eigenvalue weighted by Crippen LogP contribution is -2.01. The quantitative estimate of drug-likeness (QED) is 0.604. The first-order valence-corrected chi connectivity index (χ1v) is 3.89. The van der Waals surface area contributed by atoms with Gasteiger partial charge in [-0.3, -0.25) is 4.68 Å². The lowest BCUT2D eigenvalue weighted by atomic mass is 10.3. The van der Waals surface area contributed by atoms with Gasteiger partial charge >= 0.3 is 0 Å². The molecule has 0 aliphatic heterocycles. The first-order chi connectivity index (χ1) is 5.24. The molecule has 2 heteroatoms. The summed E-state index contributed by atoms with van der Waals surface area (Å²) in [5, 5.41) is 4.34. The van der Waals surface area contributed by atoms with Crippen molar-refractivity contribution in [3.05, 3.63) is 30.6 Å². The van der Waals surface area contributed by atoms with Gasteiger partial charge in [0.15, 0.2) is 0 Å². The van der Waals surface area contributed by atoms with Gasteiger partial charge in [-0.15, -0.1) is 6.58 Å². The van der Waals surface area contributed by atoms with Crippen LogP contribution < -0.4 is 0 Å². The molecule has 60 valence electrons. The fourth-order valence-corrected chi connectivity index (χ4v) is 0.922. The topological polar surface area (TPSA) is 17.8 Å². The van der Waals surface area contributed by atoms with E-state index in [2.05, 4.69) is 25.5 Å². The van der Waals surface area contributed by atoms with Gasteiger partial charge in [0, 0.05) is 18.7 Å². The minimum atomic E-state index is 0.452. The van der Waals surface area contributed by atoms with Gasteiger partial charge in [0.05, 0.1) is 5.69 Å². The number of nitrogens with zero attached hydrogens (tertiary/aromatic N) is 2. The summed E-state index contributed by atoms with van der Waals surface area (Å²) in [7, 11) is 0. The molecule has 0 aliphatic rings. The largest absolute Gasteiger partial charge is 0.270 e. The van der Waals surface area contributed by atoms with Crippen LogP contribution in [0.4, 0.5) is 0 Å². The number of hydrogen-bond acceptors (Lipinski definition) is 1. The maximum absolute atomic E-state index is 4.34.